The number of hydrogen-bond donors (Lipinski definition) is 2. The molecule has 0 aromatic carbocycles. The topological polar surface area (TPSA) is 98.2 Å². The fourth-order valence-corrected chi connectivity index (χ4v) is 4.83. The highest BCUT2D eigenvalue weighted by Crippen LogP contribution is 2.40. The maximum absolute atomic E-state index is 12.7. The summed E-state index contributed by atoms with van der Waals surface area (Å²) in [6.07, 6.45) is 4.55. The molecule has 1 aliphatic rings. The Balaban J connectivity index is 1.95. The average Bonchev–Trinajstić information content (AvgIpc) is 3.13. The van der Waals surface area contributed by atoms with E-state index < -0.39 is 5.91 Å². The number of rotatable bonds is 5. The molecule has 0 saturated carbocycles. The highest BCUT2D eigenvalue weighted by molar-refractivity contribution is 7.17. The van der Waals surface area contributed by atoms with Gasteiger partial charge < -0.3 is 15.6 Å². The molecule has 2 heterocycles. The molecule has 2 amide bonds. The zero-order valence-electron chi connectivity index (χ0n) is 14.8. The summed E-state index contributed by atoms with van der Waals surface area (Å²) in [6, 6.07) is 0. The molecule has 1 atom stereocenters. The lowest BCUT2D eigenvalue weighted by molar-refractivity contribution is 0.1000. The molecule has 0 saturated heterocycles. The predicted molar refractivity (Wildman–Crippen MR) is 97.2 cm³/mol. The number of nitrogens with one attached hydrogen (secondary N) is 1. The highest BCUT2D eigenvalue weighted by atomic mass is 32.1. The first kappa shape index (κ1) is 17.7. The maximum atomic E-state index is 12.7. The molecule has 134 valence electrons. The molecule has 1 aliphatic carbocycles. The molecule has 0 bridgehead atoms. The zero-order valence-corrected chi connectivity index (χ0v) is 15.6. The molecule has 3 N–H and O–H groups in total. The van der Waals surface area contributed by atoms with Gasteiger partial charge in [0.1, 0.15) is 16.3 Å². The lowest BCUT2D eigenvalue weighted by Crippen LogP contribution is -2.20. The number of thiophene rings is 1. The molecule has 2 aromatic heterocycles. The molecular weight excluding hydrogens is 338 g/mol. The van der Waals surface area contributed by atoms with Crippen LogP contribution in [0, 0.1) is 12.8 Å². The van der Waals surface area contributed by atoms with Crippen LogP contribution in [0.1, 0.15) is 69.3 Å². The Morgan fingerprint density at radius 1 is 1.36 bits per heavy atom. The summed E-state index contributed by atoms with van der Waals surface area (Å²) in [5, 5.41) is 7.34. The van der Waals surface area contributed by atoms with Crippen LogP contribution in [0.5, 0.6) is 0 Å². The van der Waals surface area contributed by atoms with Crippen LogP contribution >= 0.6 is 11.3 Å². The van der Waals surface area contributed by atoms with E-state index in [1.807, 2.05) is 6.92 Å². The van der Waals surface area contributed by atoms with Gasteiger partial charge in [0.05, 0.1) is 11.3 Å². The number of aromatic nitrogens is 1. The lowest BCUT2D eigenvalue weighted by atomic mass is 9.85. The molecule has 2 aromatic rings. The van der Waals surface area contributed by atoms with Gasteiger partial charge in [-0.2, -0.15) is 0 Å². The van der Waals surface area contributed by atoms with E-state index >= 15 is 0 Å². The van der Waals surface area contributed by atoms with E-state index in [1.54, 1.807) is 6.92 Å². The van der Waals surface area contributed by atoms with Gasteiger partial charge in [-0.3, -0.25) is 9.59 Å². The predicted octanol–water partition coefficient (Wildman–Crippen LogP) is 3.47. The van der Waals surface area contributed by atoms with Crippen molar-refractivity contribution in [3.63, 3.8) is 0 Å². The molecule has 3 rings (SSSR count). The standard InChI is InChI=1S/C18H23N3O3S/c1-4-10-6-7-11-13(8-10)25-18(15(11)16(19)22)20-17(23)14-9(3)24-21-12(14)5-2/h10H,4-8H2,1-3H3,(H2,19,22)(H,20,23)/t10-/m0/s1. The number of aryl methyl sites for hydroxylation is 2. The highest BCUT2D eigenvalue weighted by Gasteiger charge is 2.29. The number of hydrogen-bond acceptors (Lipinski definition) is 5. The third kappa shape index (κ3) is 3.20. The van der Waals surface area contributed by atoms with Crippen LogP contribution in [0.25, 0.3) is 0 Å². The van der Waals surface area contributed by atoms with Crippen molar-refractivity contribution in [3.8, 4) is 0 Å². The van der Waals surface area contributed by atoms with E-state index in [0.29, 0.717) is 39.9 Å². The summed E-state index contributed by atoms with van der Waals surface area (Å²) < 4.78 is 5.13. The summed E-state index contributed by atoms with van der Waals surface area (Å²) >= 11 is 1.47. The van der Waals surface area contributed by atoms with E-state index in [0.717, 1.165) is 31.2 Å². The van der Waals surface area contributed by atoms with Crippen molar-refractivity contribution in [3.05, 3.63) is 33.0 Å². The lowest BCUT2D eigenvalue weighted by Gasteiger charge is -2.20. The summed E-state index contributed by atoms with van der Waals surface area (Å²) in [5.74, 6) is 0.314. The second-order valence-corrected chi connectivity index (χ2v) is 7.56. The minimum absolute atomic E-state index is 0.302. The molecule has 0 fully saturated rings. The first-order valence-electron chi connectivity index (χ1n) is 8.67. The van der Waals surface area contributed by atoms with Gasteiger partial charge in [0.25, 0.3) is 11.8 Å². The summed E-state index contributed by atoms with van der Waals surface area (Å²) in [5.41, 5.74) is 8.15. The van der Waals surface area contributed by atoms with Gasteiger partial charge in [-0.05, 0) is 44.1 Å². The fourth-order valence-electron chi connectivity index (χ4n) is 3.47. The Morgan fingerprint density at radius 2 is 2.12 bits per heavy atom. The van der Waals surface area contributed by atoms with Gasteiger partial charge in [0.2, 0.25) is 0 Å². The largest absolute Gasteiger partial charge is 0.365 e. The van der Waals surface area contributed by atoms with E-state index in [1.165, 1.54) is 16.2 Å². The zero-order chi connectivity index (χ0) is 18.1. The molecule has 0 radical (unpaired) electrons. The average molecular weight is 361 g/mol. The van der Waals surface area contributed by atoms with E-state index in [9.17, 15) is 9.59 Å². The second kappa shape index (κ2) is 7.00. The van der Waals surface area contributed by atoms with E-state index in [2.05, 4.69) is 17.4 Å². The second-order valence-electron chi connectivity index (χ2n) is 6.46. The summed E-state index contributed by atoms with van der Waals surface area (Å²) in [6.45, 7) is 5.81. The number of anilines is 1. The van der Waals surface area contributed by atoms with Gasteiger partial charge in [0, 0.05) is 4.88 Å². The number of nitrogens with two attached hydrogens (primary N) is 1. The Morgan fingerprint density at radius 3 is 2.76 bits per heavy atom. The number of nitrogens with zero attached hydrogens (tertiary/aromatic N) is 1. The fraction of sp³-hybridized carbons (Fsp3) is 0.500. The van der Waals surface area contributed by atoms with Gasteiger partial charge in [-0.15, -0.1) is 11.3 Å². The smallest absolute Gasteiger partial charge is 0.261 e. The van der Waals surface area contributed by atoms with Crippen LogP contribution in [0.3, 0.4) is 0 Å². The first-order chi connectivity index (χ1) is 12.0. The van der Waals surface area contributed by atoms with Crippen LogP contribution in [-0.2, 0) is 19.3 Å². The van der Waals surface area contributed by atoms with Gasteiger partial charge in [-0.1, -0.05) is 25.4 Å². The molecule has 0 unspecified atom stereocenters. The van der Waals surface area contributed by atoms with Crippen molar-refractivity contribution < 1.29 is 14.1 Å². The minimum Gasteiger partial charge on any atom is -0.365 e. The van der Waals surface area contributed by atoms with Crippen molar-refractivity contribution >= 4 is 28.2 Å². The third-order valence-electron chi connectivity index (χ3n) is 4.91. The Bertz CT molecular complexity index is 822. The summed E-state index contributed by atoms with van der Waals surface area (Å²) in [4.78, 5) is 25.9. The Hall–Kier alpha value is -2.15. The monoisotopic (exact) mass is 361 g/mol. The molecular formula is C18H23N3O3S. The number of carbonyl (C=O) groups excluding carboxylic acids is 2. The minimum atomic E-state index is -0.486. The van der Waals surface area contributed by atoms with Crippen LogP contribution in [0.4, 0.5) is 5.00 Å². The van der Waals surface area contributed by atoms with Crippen molar-refractivity contribution in [2.24, 2.45) is 11.7 Å². The van der Waals surface area contributed by atoms with E-state index in [-0.39, 0.29) is 5.91 Å². The Kier molecular flexibility index (Phi) is 4.94. The molecule has 25 heavy (non-hydrogen) atoms. The Labute approximate surface area is 150 Å². The maximum Gasteiger partial charge on any atom is 0.261 e. The number of primary amides is 1. The van der Waals surface area contributed by atoms with Gasteiger partial charge in [-0.25, -0.2) is 0 Å². The van der Waals surface area contributed by atoms with Crippen LogP contribution in [-0.4, -0.2) is 17.0 Å². The SMILES string of the molecule is CCc1noc(C)c1C(=O)Nc1sc2c(c1C(N)=O)CC[C@H](CC)C2. The summed E-state index contributed by atoms with van der Waals surface area (Å²) in [7, 11) is 0. The molecule has 0 spiro atoms. The molecule has 0 aliphatic heterocycles. The van der Waals surface area contributed by atoms with E-state index in [4.69, 9.17) is 10.3 Å². The van der Waals surface area contributed by atoms with Crippen LogP contribution in [0.15, 0.2) is 4.52 Å². The number of amides is 2. The van der Waals surface area contributed by atoms with Gasteiger partial charge >= 0.3 is 0 Å². The van der Waals surface area contributed by atoms with Crippen LogP contribution in [0.2, 0.25) is 0 Å². The van der Waals surface area contributed by atoms with Crippen LogP contribution < -0.4 is 11.1 Å². The molecule has 7 heteroatoms. The normalized spacial score (nSPS) is 16.5. The first-order valence-corrected chi connectivity index (χ1v) is 9.48. The quantitative estimate of drug-likeness (QED) is 0.852. The van der Waals surface area contributed by atoms with Crippen molar-refractivity contribution in [1.82, 2.24) is 5.16 Å². The number of carbonyl (C=O) groups is 2. The molecule has 6 nitrogen and oxygen atoms in total. The van der Waals surface area contributed by atoms with Crippen molar-refractivity contribution in [2.75, 3.05) is 5.32 Å². The third-order valence-corrected chi connectivity index (χ3v) is 6.08. The van der Waals surface area contributed by atoms with Crippen molar-refractivity contribution in [2.45, 2.75) is 52.9 Å². The number of fused-ring (bicyclic) bond motifs is 1. The van der Waals surface area contributed by atoms with Gasteiger partial charge in [0.15, 0.2) is 0 Å². The van der Waals surface area contributed by atoms with Crippen molar-refractivity contribution in [1.29, 1.82) is 0 Å².